The van der Waals surface area contributed by atoms with Gasteiger partial charge in [0.05, 0.1) is 0 Å². The van der Waals surface area contributed by atoms with Gasteiger partial charge in [-0.2, -0.15) is 17.0 Å². The molecule has 2 N–H and O–H groups in total. The van der Waals surface area contributed by atoms with E-state index in [-0.39, 0.29) is 0 Å². The van der Waals surface area contributed by atoms with Gasteiger partial charge in [-0.3, -0.25) is 4.79 Å². The lowest BCUT2D eigenvalue weighted by atomic mass is 10.0. The molecule has 2 aliphatic heterocycles. The van der Waals surface area contributed by atoms with E-state index in [1.807, 2.05) is 24.3 Å². The standard InChI is InChI=1S/C14H19N3O3S/c15-14(18)13-7-3-4-8-17(13)21(19,20)16-9-11-5-1-2-6-12(11)10-16/h1-2,5-6,13H,3-4,7-10H2,(H2,15,18). The van der Waals surface area contributed by atoms with Crippen LogP contribution in [0.1, 0.15) is 30.4 Å². The van der Waals surface area contributed by atoms with E-state index in [0.717, 1.165) is 24.0 Å². The van der Waals surface area contributed by atoms with Crippen LogP contribution in [-0.4, -0.2) is 35.5 Å². The highest BCUT2D eigenvalue weighted by molar-refractivity contribution is 7.86. The van der Waals surface area contributed by atoms with Crippen LogP contribution in [0.25, 0.3) is 0 Å². The molecule has 1 aromatic carbocycles. The van der Waals surface area contributed by atoms with E-state index in [2.05, 4.69) is 0 Å². The van der Waals surface area contributed by atoms with Crippen LogP contribution in [0.2, 0.25) is 0 Å². The molecule has 1 atom stereocenters. The molecule has 6 nitrogen and oxygen atoms in total. The van der Waals surface area contributed by atoms with Crippen molar-refractivity contribution in [3.63, 3.8) is 0 Å². The Morgan fingerprint density at radius 3 is 2.33 bits per heavy atom. The average Bonchev–Trinajstić information content (AvgIpc) is 2.92. The molecule has 114 valence electrons. The maximum Gasteiger partial charge on any atom is 0.283 e. The van der Waals surface area contributed by atoms with Crippen LogP contribution in [0.3, 0.4) is 0 Å². The molecule has 1 unspecified atom stereocenters. The zero-order chi connectivity index (χ0) is 15.0. The van der Waals surface area contributed by atoms with Gasteiger partial charge in [-0.15, -0.1) is 0 Å². The Bertz CT molecular complexity index is 634. The first-order valence-electron chi connectivity index (χ1n) is 7.13. The summed E-state index contributed by atoms with van der Waals surface area (Å²) in [7, 11) is -3.66. The normalized spacial score (nSPS) is 23.9. The van der Waals surface area contributed by atoms with E-state index in [1.165, 1.54) is 8.61 Å². The Morgan fingerprint density at radius 2 is 1.76 bits per heavy atom. The molecule has 21 heavy (non-hydrogen) atoms. The molecule has 3 rings (SSSR count). The molecule has 0 radical (unpaired) electrons. The maximum atomic E-state index is 12.8. The molecule has 1 saturated heterocycles. The number of piperidine rings is 1. The molecule has 1 fully saturated rings. The molecule has 1 amide bonds. The van der Waals surface area contributed by atoms with E-state index in [4.69, 9.17) is 5.73 Å². The molecule has 0 aliphatic carbocycles. The topological polar surface area (TPSA) is 83.7 Å². The fourth-order valence-corrected chi connectivity index (χ4v) is 4.87. The van der Waals surface area contributed by atoms with Gasteiger partial charge in [-0.1, -0.05) is 30.7 Å². The van der Waals surface area contributed by atoms with Crippen LogP contribution in [0.4, 0.5) is 0 Å². The van der Waals surface area contributed by atoms with Crippen LogP contribution < -0.4 is 5.73 Å². The molecule has 0 spiro atoms. The van der Waals surface area contributed by atoms with E-state index in [9.17, 15) is 13.2 Å². The fraction of sp³-hybridized carbons (Fsp3) is 0.500. The van der Waals surface area contributed by atoms with Gasteiger partial charge in [0.15, 0.2) is 0 Å². The number of rotatable bonds is 3. The van der Waals surface area contributed by atoms with Gasteiger partial charge >= 0.3 is 0 Å². The lowest BCUT2D eigenvalue weighted by Gasteiger charge is -2.35. The smallest absolute Gasteiger partial charge is 0.283 e. The monoisotopic (exact) mass is 309 g/mol. The van der Waals surface area contributed by atoms with Crippen molar-refractivity contribution >= 4 is 16.1 Å². The Labute approximate surface area is 124 Å². The van der Waals surface area contributed by atoms with Gasteiger partial charge in [-0.05, 0) is 24.0 Å². The lowest BCUT2D eigenvalue weighted by Crippen LogP contribution is -2.54. The molecular formula is C14H19N3O3S. The highest BCUT2D eigenvalue weighted by Gasteiger charge is 2.40. The number of nitrogens with two attached hydrogens (primary N) is 1. The Hall–Kier alpha value is -1.44. The third-order valence-electron chi connectivity index (χ3n) is 4.22. The van der Waals surface area contributed by atoms with Crippen LogP contribution in [0, 0.1) is 0 Å². The van der Waals surface area contributed by atoms with Gasteiger partial charge in [0.25, 0.3) is 10.2 Å². The molecule has 0 bridgehead atoms. The number of amides is 1. The number of fused-ring (bicyclic) bond motifs is 1. The maximum absolute atomic E-state index is 12.8. The summed E-state index contributed by atoms with van der Waals surface area (Å²) in [6.07, 6.45) is 2.11. The minimum atomic E-state index is -3.66. The van der Waals surface area contributed by atoms with Crippen molar-refractivity contribution < 1.29 is 13.2 Å². The quantitative estimate of drug-likeness (QED) is 0.887. The number of carbonyl (C=O) groups excluding carboxylic acids is 1. The van der Waals surface area contributed by atoms with Crippen molar-refractivity contribution in [3.8, 4) is 0 Å². The Kier molecular flexibility index (Phi) is 3.73. The first-order valence-corrected chi connectivity index (χ1v) is 8.53. The number of hydrogen-bond acceptors (Lipinski definition) is 3. The molecule has 2 heterocycles. The second-order valence-corrected chi connectivity index (χ2v) is 7.45. The summed E-state index contributed by atoms with van der Waals surface area (Å²) in [5.74, 6) is -0.560. The zero-order valence-electron chi connectivity index (χ0n) is 11.7. The largest absolute Gasteiger partial charge is 0.368 e. The summed E-state index contributed by atoms with van der Waals surface area (Å²) in [5.41, 5.74) is 7.42. The first-order chi connectivity index (χ1) is 10.00. The fourth-order valence-electron chi connectivity index (χ4n) is 3.08. The Morgan fingerprint density at radius 1 is 1.14 bits per heavy atom. The SMILES string of the molecule is NC(=O)C1CCCCN1S(=O)(=O)N1Cc2ccccc2C1. The lowest BCUT2D eigenvalue weighted by molar-refractivity contribution is -0.122. The second-order valence-electron chi connectivity index (χ2n) is 5.57. The van der Waals surface area contributed by atoms with Gasteiger partial charge in [0, 0.05) is 19.6 Å². The summed E-state index contributed by atoms with van der Waals surface area (Å²) in [6.45, 7) is 1.09. The molecule has 1 aromatic rings. The van der Waals surface area contributed by atoms with Crippen molar-refractivity contribution in [2.75, 3.05) is 6.54 Å². The third kappa shape index (κ3) is 2.56. The molecule has 7 heteroatoms. The van der Waals surface area contributed by atoms with Crippen molar-refractivity contribution in [1.82, 2.24) is 8.61 Å². The van der Waals surface area contributed by atoms with Gasteiger partial charge in [0.1, 0.15) is 6.04 Å². The van der Waals surface area contributed by atoms with Crippen LogP contribution in [-0.2, 0) is 28.1 Å². The van der Waals surface area contributed by atoms with E-state index in [0.29, 0.717) is 26.1 Å². The number of nitrogens with zero attached hydrogens (tertiary/aromatic N) is 2. The van der Waals surface area contributed by atoms with Crippen molar-refractivity contribution in [1.29, 1.82) is 0 Å². The molecule has 0 aromatic heterocycles. The van der Waals surface area contributed by atoms with Crippen molar-refractivity contribution in [2.24, 2.45) is 5.73 Å². The minimum absolute atomic E-state index is 0.362. The predicted octanol–water partition coefficient (Wildman–Crippen LogP) is 0.587. The zero-order valence-corrected chi connectivity index (χ0v) is 12.6. The van der Waals surface area contributed by atoms with E-state index < -0.39 is 22.2 Å². The number of benzene rings is 1. The average molecular weight is 309 g/mol. The molecule has 0 saturated carbocycles. The summed E-state index contributed by atoms with van der Waals surface area (Å²) in [5, 5.41) is 0. The van der Waals surface area contributed by atoms with Crippen LogP contribution in [0.15, 0.2) is 24.3 Å². The van der Waals surface area contributed by atoms with E-state index in [1.54, 1.807) is 0 Å². The summed E-state index contributed by atoms with van der Waals surface area (Å²) in [6, 6.07) is 6.97. The molecular weight excluding hydrogens is 290 g/mol. The Balaban J connectivity index is 1.86. The summed E-state index contributed by atoms with van der Waals surface area (Å²) in [4.78, 5) is 11.5. The third-order valence-corrected chi connectivity index (χ3v) is 6.16. The number of hydrogen-bond donors (Lipinski definition) is 1. The summed E-state index contributed by atoms with van der Waals surface area (Å²) >= 11 is 0. The van der Waals surface area contributed by atoms with Crippen LogP contribution >= 0.6 is 0 Å². The predicted molar refractivity (Wildman–Crippen MR) is 78.1 cm³/mol. The van der Waals surface area contributed by atoms with Gasteiger partial charge < -0.3 is 5.73 Å². The number of carbonyl (C=O) groups is 1. The minimum Gasteiger partial charge on any atom is -0.368 e. The highest BCUT2D eigenvalue weighted by atomic mass is 32.2. The van der Waals surface area contributed by atoms with E-state index >= 15 is 0 Å². The summed E-state index contributed by atoms with van der Waals surface area (Å²) < 4.78 is 28.3. The first kappa shape index (κ1) is 14.5. The molecule has 2 aliphatic rings. The van der Waals surface area contributed by atoms with Gasteiger partial charge in [-0.25, -0.2) is 0 Å². The van der Waals surface area contributed by atoms with Crippen LogP contribution in [0.5, 0.6) is 0 Å². The van der Waals surface area contributed by atoms with Crippen molar-refractivity contribution in [2.45, 2.75) is 38.4 Å². The van der Waals surface area contributed by atoms with Gasteiger partial charge in [0.2, 0.25) is 5.91 Å². The second kappa shape index (κ2) is 5.40. The van der Waals surface area contributed by atoms with Crippen molar-refractivity contribution in [3.05, 3.63) is 35.4 Å². The number of primary amides is 1. The highest BCUT2D eigenvalue weighted by Crippen LogP contribution is 2.29.